The van der Waals surface area contributed by atoms with Crippen LogP contribution in [-0.2, 0) is 25.5 Å². The van der Waals surface area contributed by atoms with Gasteiger partial charge in [-0.3, -0.25) is 14.4 Å². The van der Waals surface area contributed by atoms with E-state index < -0.39 is 12.1 Å². The van der Waals surface area contributed by atoms with Crippen molar-refractivity contribution in [1.82, 2.24) is 15.5 Å². The smallest absolute Gasteiger partial charge is 0.261 e. The summed E-state index contributed by atoms with van der Waals surface area (Å²) in [6.07, 6.45) is 0.501. The largest absolute Gasteiger partial charge is 0.480 e. The van der Waals surface area contributed by atoms with Gasteiger partial charge in [0.15, 0.2) is 6.10 Å². The summed E-state index contributed by atoms with van der Waals surface area (Å²) in [7, 11) is 0. The summed E-state index contributed by atoms with van der Waals surface area (Å²) in [5.41, 5.74) is 1.01. The van der Waals surface area contributed by atoms with Crippen LogP contribution in [0.4, 0.5) is 0 Å². The summed E-state index contributed by atoms with van der Waals surface area (Å²) >= 11 is 0. The first-order valence-corrected chi connectivity index (χ1v) is 10.5. The van der Waals surface area contributed by atoms with Crippen LogP contribution in [0.1, 0.15) is 32.8 Å². The maximum atomic E-state index is 13.1. The Hall–Kier alpha value is -2.61. The minimum atomic E-state index is -0.581. The number of carbonyl (C=O) groups excluding carboxylic acids is 3. The molecule has 2 N–H and O–H groups in total. The topological polar surface area (TPSA) is 97.0 Å². The molecular weight excluding hydrogens is 386 g/mol. The lowest BCUT2D eigenvalue weighted by molar-refractivity contribution is -0.137. The van der Waals surface area contributed by atoms with Gasteiger partial charge < -0.3 is 25.0 Å². The van der Waals surface area contributed by atoms with Crippen LogP contribution < -0.4 is 15.4 Å². The Morgan fingerprint density at radius 3 is 2.70 bits per heavy atom. The molecule has 30 heavy (non-hydrogen) atoms. The number of para-hydroxylation sites is 1. The molecule has 164 valence electrons. The highest BCUT2D eigenvalue weighted by atomic mass is 16.5. The van der Waals surface area contributed by atoms with Gasteiger partial charge in [0.2, 0.25) is 11.8 Å². The predicted molar refractivity (Wildman–Crippen MR) is 111 cm³/mol. The third-order valence-corrected chi connectivity index (χ3v) is 5.25. The predicted octanol–water partition coefficient (Wildman–Crippen LogP) is 0.885. The third-order valence-electron chi connectivity index (χ3n) is 5.25. The Morgan fingerprint density at radius 1 is 1.23 bits per heavy atom. The van der Waals surface area contributed by atoms with Crippen molar-refractivity contribution in [2.24, 2.45) is 5.92 Å². The second kappa shape index (κ2) is 9.93. The monoisotopic (exact) mass is 417 g/mol. The number of amides is 3. The summed E-state index contributed by atoms with van der Waals surface area (Å²) in [5, 5.41) is 5.73. The minimum Gasteiger partial charge on any atom is -0.480 e. The summed E-state index contributed by atoms with van der Waals surface area (Å²) in [5.74, 6) is 0.398. The van der Waals surface area contributed by atoms with Crippen LogP contribution in [-0.4, -0.2) is 67.1 Å². The Bertz CT molecular complexity index is 757. The SMILES string of the molecule is CC(=O)NC(CC(C)C)C(=O)N1CCOCC(NC(=O)C2Cc3ccccc3O2)C1. The molecule has 0 radical (unpaired) electrons. The zero-order chi connectivity index (χ0) is 21.7. The molecular formula is C22H31N3O5. The quantitative estimate of drug-likeness (QED) is 0.716. The fourth-order valence-corrected chi connectivity index (χ4v) is 3.88. The summed E-state index contributed by atoms with van der Waals surface area (Å²) < 4.78 is 11.4. The van der Waals surface area contributed by atoms with Crippen molar-refractivity contribution in [2.75, 3.05) is 26.3 Å². The van der Waals surface area contributed by atoms with E-state index in [9.17, 15) is 14.4 Å². The molecule has 3 amide bonds. The van der Waals surface area contributed by atoms with E-state index in [-0.39, 0.29) is 29.7 Å². The highest BCUT2D eigenvalue weighted by Crippen LogP contribution is 2.28. The molecule has 0 aromatic heterocycles. The van der Waals surface area contributed by atoms with Crippen LogP contribution in [0.15, 0.2) is 24.3 Å². The summed E-state index contributed by atoms with van der Waals surface area (Å²) in [6.45, 7) is 6.90. The lowest BCUT2D eigenvalue weighted by atomic mass is 10.0. The number of rotatable bonds is 6. The van der Waals surface area contributed by atoms with Crippen molar-refractivity contribution in [1.29, 1.82) is 0 Å². The number of nitrogens with zero attached hydrogens (tertiary/aromatic N) is 1. The first kappa shape index (κ1) is 22.1. The van der Waals surface area contributed by atoms with Crippen LogP contribution in [0.3, 0.4) is 0 Å². The van der Waals surface area contributed by atoms with E-state index in [4.69, 9.17) is 9.47 Å². The summed E-state index contributed by atoms with van der Waals surface area (Å²) in [4.78, 5) is 39.1. The molecule has 2 heterocycles. The van der Waals surface area contributed by atoms with Crippen LogP contribution >= 0.6 is 0 Å². The van der Waals surface area contributed by atoms with Gasteiger partial charge in [0.25, 0.3) is 5.91 Å². The van der Waals surface area contributed by atoms with Gasteiger partial charge in [-0.25, -0.2) is 0 Å². The molecule has 2 aliphatic rings. The van der Waals surface area contributed by atoms with Gasteiger partial charge in [0.1, 0.15) is 11.8 Å². The van der Waals surface area contributed by atoms with Crippen molar-refractivity contribution in [3.05, 3.63) is 29.8 Å². The average molecular weight is 418 g/mol. The average Bonchev–Trinajstić information content (AvgIpc) is 2.99. The molecule has 3 atom stereocenters. The Morgan fingerprint density at radius 2 is 2.00 bits per heavy atom. The van der Waals surface area contributed by atoms with Crippen molar-refractivity contribution in [2.45, 2.75) is 51.8 Å². The van der Waals surface area contributed by atoms with E-state index in [1.807, 2.05) is 38.1 Å². The van der Waals surface area contributed by atoms with Gasteiger partial charge in [-0.2, -0.15) is 0 Å². The van der Waals surface area contributed by atoms with Crippen molar-refractivity contribution in [3.8, 4) is 5.75 Å². The van der Waals surface area contributed by atoms with Gasteiger partial charge in [-0.15, -0.1) is 0 Å². The lowest BCUT2D eigenvalue weighted by Crippen LogP contribution is -2.54. The van der Waals surface area contributed by atoms with Crippen LogP contribution in [0, 0.1) is 5.92 Å². The van der Waals surface area contributed by atoms with Gasteiger partial charge in [0.05, 0.1) is 19.3 Å². The number of benzene rings is 1. The second-order valence-corrected chi connectivity index (χ2v) is 8.37. The first-order chi connectivity index (χ1) is 14.3. The van der Waals surface area contributed by atoms with E-state index >= 15 is 0 Å². The normalized spacial score (nSPS) is 21.9. The first-order valence-electron chi connectivity index (χ1n) is 10.5. The highest BCUT2D eigenvalue weighted by Gasteiger charge is 2.33. The Balaban J connectivity index is 1.60. The van der Waals surface area contributed by atoms with Crippen molar-refractivity contribution < 1.29 is 23.9 Å². The lowest BCUT2D eigenvalue weighted by Gasteiger charge is -2.29. The molecule has 0 bridgehead atoms. The molecule has 0 saturated carbocycles. The fraction of sp³-hybridized carbons (Fsp3) is 0.591. The number of carbonyl (C=O) groups is 3. The van der Waals surface area contributed by atoms with Crippen molar-refractivity contribution >= 4 is 17.7 Å². The minimum absolute atomic E-state index is 0.145. The van der Waals surface area contributed by atoms with E-state index in [0.29, 0.717) is 39.1 Å². The molecule has 1 saturated heterocycles. The van der Waals surface area contributed by atoms with E-state index in [2.05, 4.69) is 10.6 Å². The zero-order valence-corrected chi connectivity index (χ0v) is 17.8. The Kier molecular flexibility index (Phi) is 7.31. The zero-order valence-electron chi connectivity index (χ0n) is 17.8. The molecule has 8 heteroatoms. The number of hydrogen-bond acceptors (Lipinski definition) is 5. The third kappa shape index (κ3) is 5.72. The molecule has 1 aromatic rings. The van der Waals surface area contributed by atoms with Gasteiger partial charge >= 0.3 is 0 Å². The number of hydrogen-bond donors (Lipinski definition) is 2. The fourth-order valence-electron chi connectivity index (χ4n) is 3.88. The molecule has 0 aliphatic carbocycles. The molecule has 3 rings (SSSR count). The molecule has 3 unspecified atom stereocenters. The van der Waals surface area contributed by atoms with Gasteiger partial charge in [0, 0.05) is 26.4 Å². The van der Waals surface area contributed by atoms with Crippen molar-refractivity contribution in [3.63, 3.8) is 0 Å². The van der Waals surface area contributed by atoms with Crippen LogP contribution in [0.25, 0.3) is 0 Å². The maximum Gasteiger partial charge on any atom is 0.261 e. The van der Waals surface area contributed by atoms with Crippen LogP contribution in [0.5, 0.6) is 5.75 Å². The number of ether oxygens (including phenoxy) is 2. The number of nitrogens with one attached hydrogen (secondary N) is 2. The van der Waals surface area contributed by atoms with E-state index in [1.54, 1.807) is 4.90 Å². The Labute approximate surface area is 177 Å². The molecule has 8 nitrogen and oxygen atoms in total. The standard InChI is InChI=1S/C22H31N3O5/c1-14(2)10-18(23-15(3)26)22(28)25-8-9-29-13-17(12-25)24-21(27)20-11-16-6-4-5-7-19(16)30-20/h4-7,14,17-18,20H,8-13H2,1-3H3,(H,23,26)(H,24,27). The van der Waals surface area contributed by atoms with Crippen LogP contribution in [0.2, 0.25) is 0 Å². The maximum absolute atomic E-state index is 13.1. The van der Waals surface area contributed by atoms with E-state index in [1.165, 1.54) is 6.92 Å². The molecule has 2 aliphatic heterocycles. The summed E-state index contributed by atoms with van der Waals surface area (Å²) in [6, 6.07) is 6.69. The second-order valence-electron chi connectivity index (χ2n) is 8.37. The molecule has 1 aromatic carbocycles. The molecule has 0 spiro atoms. The highest BCUT2D eigenvalue weighted by molar-refractivity contribution is 5.87. The number of fused-ring (bicyclic) bond motifs is 1. The van der Waals surface area contributed by atoms with Gasteiger partial charge in [-0.1, -0.05) is 32.0 Å². The van der Waals surface area contributed by atoms with Gasteiger partial charge in [-0.05, 0) is 24.0 Å². The molecule has 1 fully saturated rings. The van der Waals surface area contributed by atoms with E-state index in [0.717, 1.165) is 11.3 Å².